The molecule has 0 radical (unpaired) electrons. The predicted molar refractivity (Wildman–Crippen MR) is 80.5 cm³/mol. The number of nitrogens with zero attached hydrogens (tertiary/aromatic N) is 1. The van der Waals surface area contributed by atoms with Gasteiger partial charge in [0.25, 0.3) is 0 Å². The zero-order chi connectivity index (χ0) is 13.4. The van der Waals surface area contributed by atoms with Crippen LogP contribution in [0.5, 0.6) is 0 Å². The van der Waals surface area contributed by atoms with Crippen molar-refractivity contribution in [1.29, 1.82) is 0 Å². The zero-order valence-electron chi connectivity index (χ0n) is 12.3. The third-order valence-corrected chi connectivity index (χ3v) is 5.30. The molecule has 1 fully saturated rings. The van der Waals surface area contributed by atoms with Gasteiger partial charge in [0.05, 0.1) is 0 Å². The molecule has 1 aliphatic heterocycles. The average Bonchev–Trinajstić information content (AvgIpc) is 2.39. The zero-order valence-corrected chi connectivity index (χ0v) is 13.1. The summed E-state index contributed by atoms with van der Waals surface area (Å²) in [5.74, 6) is 2.38. The molecule has 3 nitrogen and oxygen atoms in total. The van der Waals surface area contributed by atoms with Crippen LogP contribution in [0, 0.1) is 5.92 Å². The second-order valence-electron chi connectivity index (χ2n) is 5.35. The van der Waals surface area contributed by atoms with Crippen molar-refractivity contribution in [3.05, 3.63) is 0 Å². The van der Waals surface area contributed by atoms with E-state index in [1.807, 2.05) is 6.92 Å². The fourth-order valence-corrected chi connectivity index (χ4v) is 3.34. The molecule has 0 aromatic carbocycles. The van der Waals surface area contributed by atoms with E-state index in [0.717, 1.165) is 24.0 Å². The van der Waals surface area contributed by atoms with Crippen LogP contribution in [-0.4, -0.2) is 52.8 Å². The van der Waals surface area contributed by atoms with Gasteiger partial charge in [0.1, 0.15) is 0 Å². The van der Waals surface area contributed by atoms with Gasteiger partial charge in [-0.25, -0.2) is 0 Å². The third-order valence-electron chi connectivity index (χ3n) is 4.00. The van der Waals surface area contributed by atoms with Crippen molar-refractivity contribution >= 4 is 10.8 Å². The molecular weight excluding hydrogens is 244 g/mol. The van der Waals surface area contributed by atoms with Gasteiger partial charge in [0.15, 0.2) is 0 Å². The molecule has 0 saturated carbocycles. The van der Waals surface area contributed by atoms with E-state index in [2.05, 4.69) is 24.1 Å². The first-order valence-corrected chi connectivity index (χ1v) is 8.96. The van der Waals surface area contributed by atoms with Crippen LogP contribution in [-0.2, 0) is 10.8 Å². The maximum Gasteiger partial charge on any atom is 0.0360 e. The first-order valence-electron chi connectivity index (χ1n) is 7.48. The third kappa shape index (κ3) is 5.81. The summed E-state index contributed by atoms with van der Waals surface area (Å²) in [6.07, 6.45) is 3.89. The summed E-state index contributed by atoms with van der Waals surface area (Å²) in [5.41, 5.74) is 0. The standard InChI is InChI=1S/C14H30N2OS/c1-4-9-16-10-6-14(7-11-16)13(3)15-8-12-18(17)5-2/h13-15H,4-12H2,1-3H3. The number of hydrogen-bond donors (Lipinski definition) is 1. The van der Waals surface area contributed by atoms with Gasteiger partial charge in [-0.15, -0.1) is 0 Å². The Morgan fingerprint density at radius 2 is 2.00 bits per heavy atom. The minimum atomic E-state index is -0.627. The topological polar surface area (TPSA) is 32.3 Å². The molecule has 0 aromatic rings. The summed E-state index contributed by atoms with van der Waals surface area (Å²) in [4.78, 5) is 2.58. The molecule has 2 unspecified atom stereocenters. The first-order chi connectivity index (χ1) is 8.67. The molecule has 108 valence electrons. The number of nitrogens with one attached hydrogen (secondary N) is 1. The Bertz CT molecular complexity index is 240. The van der Waals surface area contributed by atoms with E-state index in [0.29, 0.717) is 6.04 Å². The number of hydrogen-bond acceptors (Lipinski definition) is 3. The minimum absolute atomic E-state index is 0.572. The summed E-state index contributed by atoms with van der Waals surface area (Å²) < 4.78 is 11.3. The highest BCUT2D eigenvalue weighted by Gasteiger charge is 2.22. The van der Waals surface area contributed by atoms with Crippen molar-refractivity contribution in [2.24, 2.45) is 5.92 Å². The largest absolute Gasteiger partial charge is 0.313 e. The smallest absolute Gasteiger partial charge is 0.0360 e. The Kier molecular flexibility index (Phi) is 8.11. The van der Waals surface area contributed by atoms with Gasteiger partial charge in [-0.05, 0) is 51.7 Å². The van der Waals surface area contributed by atoms with Gasteiger partial charge < -0.3 is 10.2 Å². The lowest BCUT2D eigenvalue weighted by Gasteiger charge is -2.35. The van der Waals surface area contributed by atoms with Crippen LogP contribution in [0.15, 0.2) is 0 Å². The van der Waals surface area contributed by atoms with Gasteiger partial charge in [0.2, 0.25) is 0 Å². The Labute approximate surface area is 115 Å². The number of rotatable bonds is 8. The second-order valence-corrected chi connectivity index (χ2v) is 7.22. The van der Waals surface area contributed by atoms with E-state index in [-0.39, 0.29) is 0 Å². The molecule has 0 bridgehead atoms. The average molecular weight is 274 g/mol. The van der Waals surface area contributed by atoms with Gasteiger partial charge in [-0.3, -0.25) is 4.21 Å². The SMILES string of the molecule is CCCN1CCC(C(C)NCCS(=O)CC)CC1. The highest BCUT2D eigenvalue weighted by Crippen LogP contribution is 2.20. The quantitative estimate of drug-likeness (QED) is 0.733. The highest BCUT2D eigenvalue weighted by atomic mass is 32.2. The summed E-state index contributed by atoms with van der Waals surface area (Å²) in [6, 6.07) is 0.572. The summed E-state index contributed by atoms with van der Waals surface area (Å²) in [7, 11) is -0.627. The number of likely N-dealkylation sites (tertiary alicyclic amines) is 1. The molecule has 1 rings (SSSR count). The van der Waals surface area contributed by atoms with Crippen LogP contribution in [0.3, 0.4) is 0 Å². The van der Waals surface area contributed by atoms with Crippen LogP contribution < -0.4 is 5.32 Å². The summed E-state index contributed by atoms with van der Waals surface area (Å²) in [6.45, 7) is 11.2. The van der Waals surface area contributed by atoms with E-state index in [9.17, 15) is 4.21 Å². The van der Waals surface area contributed by atoms with Crippen LogP contribution in [0.2, 0.25) is 0 Å². The monoisotopic (exact) mass is 274 g/mol. The Balaban J connectivity index is 2.15. The molecule has 0 amide bonds. The number of piperidine rings is 1. The fourth-order valence-electron chi connectivity index (χ4n) is 2.70. The highest BCUT2D eigenvalue weighted by molar-refractivity contribution is 7.84. The van der Waals surface area contributed by atoms with Crippen molar-refractivity contribution in [1.82, 2.24) is 10.2 Å². The molecule has 4 heteroatoms. The van der Waals surface area contributed by atoms with Gasteiger partial charge in [-0.2, -0.15) is 0 Å². The Hall–Kier alpha value is 0.0700. The molecule has 2 atom stereocenters. The maximum atomic E-state index is 11.3. The van der Waals surface area contributed by atoms with Crippen molar-refractivity contribution in [3.63, 3.8) is 0 Å². The van der Waals surface area contributed by atoms with E-state index in [1.165, 1.54) is 38.9 Å². The lowest BCUT2D eigenvalue weighted by molar-refractivity contribution is 0.163. The lowest BCUT2D eigenvalue weighted by Crippen LogP contribution is -2.43. The minimum Gasteiger partial charge on any atom is -0.313 e. The van der Waals surface area contributed by atoms with Crippen molar-refractivity contribution < 1.29 is 4.21 Å². The Morgan fingerprint density at radius 1 is 1.33 bits per heavy atom. The van der Waals surface area contributed by atoms with E-state index < -0.39 is 10.8 Å². The van der Waals surface area contributed by atoms with Crippen molar-refractivity contribution in [2.75, 3.05) is 37.7 Å². The van der Waals surface area contributed by atoms with Crippen molar-refractivity contribution in [2.45, 2.75) is 46.1 Å². The van der Waals surface area contributed by atoms with E-state index >= 15 is 0 Å². The fraction of sp³-hybridized carbons (Fsp3) is 1.00. The molecule has 0 aliphatic carbocycles. The van der Waals surface area contributed by atoms with Gasteiger partial charge >= 0.3 is 0 Å². The van der Waals surface area contributed by atoms with E-state index in [4.69, 9.17) is 0 Å². The van der Waals surface area contributed by atoms with Gasteiger partial charge in [0, 0.05) is 34.9 Å². The van der Waals surface area contributed by atoms with Gasteiger partial charge in [-0.1, -0.05) is 13.8 Å². The molecule has 1 saturated heterocycles. The maximum absolute atomic E-state index is 11.3. The van der Waals surface area contributed by atoms with Crippen LogP contribution in [0.1, 0.15) is 40.0 Å². The molecule has 18 heavy (non-hydrogen) atoms. The normalized spacial score (nSPS) is 21.9. The molecule has 0 spiro atoms. The van der Waals surface area contributed by atoms with Crippen molar-refractivity contribution in [3.8, 4) is 0 Å². The summed E-state index contributed by atoms with van der Waals surface area (Å²) >= 11 is 0. The Morgan fingerprint density at radius 3 is 2.56 bits per heavy atom. The van der Waals surface area contributed by atoms with E-state index in [1.54, 1.807) is 0 Å². The van der Waals surface area contributed by atoms with Crippen LogP contribution in [0.4, 0.5) is 0 Å². The lowest BCUT2D eigenvalue weighted by atomic mass is 9.90. The molecule has 1 heterocycles. The predicted octanol–water partition coefficient (Wildman–Crippen LogP) is 1.86. The molecule has 1 aliphatic rings. The first kappa shape index (κ1) is 16.1. The summed E-state index contributed by atoms with van der Waals surface area (Å²) in [5, 5.41) is 3.55. The molecular formula is C14H30N2OS. The second kappa shape index (κ2) is 9.05. The van der Waals surface area contributed by atoms with Crippen LogP contribution >= 0.6 is 0 Å². The van der Waals surface area contributed by atoms with Crippen LogP contribution in [0.25, 0.3) is 0 Å². The molecule has 0 aromatic heterocycles. The molecule has 1 N–H and O–H groups in total.